The first kappa shape index (κ1) is 13.8. The predicted octanol–water partition coefficient (Wildman–Crippen LogP) is 2.90. The van der Waals surface area contributed by atoms with Crippen molar-refractivity contribution in [1.82, 2.24) is 4.98 Å². The van der Waals surface area contributed by atoms with Gasteiger partial charge in [-0.3, -0.25) is 9.59 Å². The number of nitrogens with zero attached hydrogens (tertiary/aromatic N) is 1. The van der Waals surface area contributed by atoms with Gasteiger partial charge in [-0.15, -0.1) is 0 Å². The summed E-state index contributed by atoms with van der Waals surface area (Å²) in [7, 11) is 0. The minimum atomic E-state index is -0.230. The number of carbonyl (C=O) groups is 2. The van der Waals surface area contributed by atoms with E-state index in [0.29, 0.717) is 23.4 Å². The normalized spacial score (nSPS) is 12.8. The van der Waals surface area contributed by atoms with Crippen LogP contribution in [0.1, 0.15) is 21.6 Å². The van der Waals surface area contributed by atoms with Gasteiger partial charge in [0.05, 0.1) is 17.8 Å². The number of aryl methyl sites for hydroxylation is 1. The van der Waals surface area contributed by atoms with Crippen molar-refractivity contribution in [1.29, 1.82) is 0 Å². The van der Waals surface area contributed by atoms with Gasteiger partial charge in [0, 0.05) is 11.3 Å². The molecule has 0 aliphatic carbocycles. The Morgan fingerprint density at radius 1 is 1.33 bits per heavy atom. The number of carbonyl (C=O) groups excluding carboxylic acids is 2. The zero-order chi connectivity index (χ0) is 15.0. The van der Waals surface area contributed by atoms with E-state index in [1.165, 1.54) is 0 Å². The van der Waals surface area contributed by atoms with Crippen LogP contribution in [0.25, 0.3) is 0 Å². The maximum Gasteiger partial charge on any atom is 0.255 e. The van der Waals surface area contributed by atoms with Crippen LogP contribution >= 0.6 is 15.9 Å². The van der Waals surface area contributed by atoms with E-state index in [9.17, 15) is 9.59 Å². The molecule has 0 radical (unpaired) electrons. The fourth-order valence-electron chi connectivity index (χ4n) is 2.21. The van der Waals surface area contributed by atoms with Crippen LogP contribution in [-0.2, 0) is 11.2 Å². The number of rotatable bonds is 2. The molecule has 0 saturated carbocycles. The average molecular weight is 346 g/mol. The Hall–Kier alpha value is -2.21. The molecule has 0 atom stereocenters. The SMILES string of the molecule is Cc1nc(Br)ccc1NC(=O)c1ccc2c(c1)NC(=O)C2. The highest BCUT2D eigenvalue weighted by molar-refractivity contribution is 9.10. The van der Waals surface area contributed by atoms with Crippen LogP contribution in [-0.4, -0.2) is 16.8 Å². The lowest BCUT2D eigenvalue weighted by Crippen LogP contribution is -2.13. The number of pyridine rings is 1. The minimum absolute atomic E-state index is 0.0458. The molecule has 5 nitrogen and oxygen atoms in total. The van der Waals surface area contributed by atoms with Gasteiger partial charge < -0.3 is 10.6 Å². The number of anilines is 2. The molecule has 2 N–H and O–H groups in total. The number of fused-ring (bicyclic) bond motifs is 1. The van der Waals surface area contributed by atoms with E-state index >= 15 is 0 Å². The highest BCUT2D eigenvalue weighted by atomic mass is 79.9. The summed E-state index contributed by atoms with van der Waals surface area (Å²) < 4.78 is 0.721. The third-order valence-corrected chi connectivity index (χ3v) is 3.74. The first-order valence-corrected chi connectivity index (χ1v) is 7.19. The summed E-state index contributed by atoms with van der Waals surface area (Å²) in [5, 5.41) is 5.56. The summed E-state index contributed by atoms with van der Waals surface area (Å²) >= 11 is 3.28. The van der Waals surface area contributed by atoms with Gasteiger partial charge in [-0.2, -0.15) is 0 Å². The molecule has 2 heterocycles. The zero-order valence-corrected chi connectivity index (χ0v) is 12.8. The maximum absolute atomic E-state index is 12.3. The number of halogens is 1. The van der Waals surface area contributed by atoms with Gasteiger partial charge in [-0.25, -0.2) is 4.98 Å². The molecular formula is C15H12BrN3O2. The van der Waals surface area contributed by atoms with Crippen molar-refractivity contribution < 1.29 is 9.59 Å². The fourth-order valence-corrected chi connectivity index (χ4v) is 2.61. The quantitative estimate of drug-likeness (QED) is 0.822. The number of amides is 2. The van der Waals surface area contributed by atoms with Crippen LogP contribution in [0, 0.1) is 6.92 Å². The number of benzene rings is 1. The standard InChI is InChI=1S/C15H12BrN3O2/c1-8-11(4-5-13(16)17-8)19-15(21)10-3-2-9-7-14(20)18-12(9)6-10/h2-6H,7H2,1H3,(H,18,20)(H,19,21). The molecule has 3 rings (SSSR count). The molecule has 1 aliphatic heterocycles. The molecule has 6 heteroatoms. The van der Waals surface area contributed by atoms with Gasteiger partial charge in [0.25, 0.3) is 5.91 Å². The Morgan fingerprint density at radius 3 is 2.90 bits per heavy atom. The molecule has 0 spiro atoms. The van der Waals surface area contributed by atoms with Crippen molar-refractivity contribution in [3.63, 3.8) is 0 Å². The Labute approximate surface area is 129 Å². The summed E-state index contributed by atoms with van der Waals surface area (Å²) in [5.41, 5.74) is 3.51. The Balaban J connectivity index is 1.83. The third kappa shape index (κ3) is 2.80. The second-order valence-electron chi connectivity index (χ2n) is 4.82. The van der Waals surface area contributed by atoms with E-state index in [2.05, 4.69) is 31.5 Å². The van der Waals surface area contributed by atoms with E-state index < -0.39 is 0 Å². The lowest BCUT2D eigenvalue weighted by molar-refractivity contribution is -0.115. The molecule has 2 amide bonds. The molecular weight excluding hydrogens is 334 g/mol. The Bertz CT molecular complexity index is 759. The van der Waals surface area contributed by atoms with Crippen molar-refractivity contribution >= 4 is 39.1 Å². The first-order valence-electron chi connectivity index (χ1n) is 6.40. The second kappa shape index (κ2) is 5.29. The van der Waals surface area contributed by atoms with Gasteiger partial charge in [0.15, 0.2) is 0 Å². The molecule has 1 aromatic carbocycles. The average Bonchev–Trinajstić information content (AvgIpc) is 2.80. The highest BCUT2D eigenvalue weighted by Crippen LogP contribution is 2.25. The lowest BCUT2D eigenvalue weighted by Gasteiger charge is -2.09. The summed E-state index contributed by atoms with van der Waals surface area (Å²) in [6, 6.07) is 8.77. The molecule has 0 saturated heterocycles. The smallest absolute Gasteiger partial charge is 0.255 e. The van der Waals surface area contributed by atoms with E-state index in [0.717, 1.165) is 15.9 Å². The van der Waals surface area contributed by atoms with Crippen LogP contribution < -0.4 is 10.6 Å². The predicted molar refractivity (Wildman–Crippen MR) is 83.4 cm³/mol. The molecule has 0 bridgehead atoms. The van der Waals surface area contributed by atoms with Crippen LogP contribution in [0.3, 0.4) is 0 Å². The molecule has 1 aromatic heterocycles. The van der Waals surface area contributed by atoms with Crippen molar-refractivity contribution in [3.8, 4) is 0 Å². The number of aromatic nitrogens is 1. The van der Waals surface area contributed by atoms with E-state index in [4.69, 9.17) is 0 Å². The van der Waals surface area contributed by atoms with Crippen molar-refractivity contribution in [2.45, 2.75) is 13.3 Å². The van der Waals surface area contributed by atoms with Crippen molar-refractivity contribution in [2.75, 3.05) is 10.6 Å². The summed E-state index contributed by atoms with van der Waals surface area (Å²) in [5.74, 6) is -0.276. The van der Waals surface area contributed by atoms with Crippen LogP contribution in [0.5, 0.6) is 0 Å². The Morgan fingerprint density at radius 2 is 2.14 bits per heavy atom. The van der Waals surface area contributed by atoms with Gasteiger partial charge in [-0.1, -0.05) is 6.07 Å². The molecule has 0 fully saturated rings. The lowest BCUT2D eigenvalue weighted by atomic mass is 10.1. The van der Waals surface area contributed by atoms with Crippen LogP contribution in [0.2, 0.25) is 0 Å². The summed E-state index contributed by atoms with van der Waals surface area (Å²) in [6.07, 6.45) is 0.368. The number of hydrogen-bond acceptors (Lipinski definition) is 3. The topological polar surface area (TPSA) is 71.1 Å². The summed E-state index contributed by atoms with van der Waals surface area (Å²) in [4.78, 5) is 27.8. The fraction of sp³-hybridized carbons (Fsp3) is 0.133. The third-order valence-electron chi connectivity index (χ3n) is 3.30. The van der Waals surface area contributed by atoms with Crippen LogP contribution in [0.15, 0.2) is 34.9 Å². The second-order valence-corrected chi connectivity index (χ2v) is 5.63. The maximum atomic E-state index is 12.3. The molecule has 1 aliphatic rings. The monoisotopic (exact) mass is 345 g/mol. The van der Waals surface area contributed by atoms with E-state index in [-0.39, 0.29) is 11.8 Å². The first-order chi connectivity index (χ1) is 10.0. The van der Waals surface area contributed by atoms with Gasteiger partial charge in [0.2, 0.25) is 5.91 Å². The molecule has 21 heavy (non-hydrogen) atoms. The molecule has 106 valence electrons. The van der Waals surface area contributed by atoms with Gasteiger partial charge in [-0.05, 0) is 52.7 Å². The molecule has 2 aromatic rings. The van der Waals surface area contributed by atoms with Gasteiger partial charge in [0.1, 0.15) is 4.60 Å². The van der Waals surface area contributed by atoms with Crippen molar-refractivity contribution in [3.05, 3.63) is 51.8 Å². The minimum Gasteiger partial charge on any atom is -0.326 e. The Kier molecular flexibility index (Phi) is 3.47. The molecule has 0 unspecified atom stereocenters. The van der Waals surface area contributed by atoms with E-state index in [1.54, 1.807) is 30.3 Å². The van der Waals surface area contributed by atoms with Gasteiger partial charge >= 0.3 is 0 Å². The van der Waals surface area contributed by atoms with Crippen molar-refractivity contribution in [2.24, 2.45) is 0 Å². The summed E-state index contributed by atoms with van der Waals surface area (Å²) in [6.45, 7) is 1.82. The number of nitrogens with one attached hydrogen (secondary N) is 2. The highest BCUT2D eigenvalue weighted by Gasteiger charge is 2.19. The van der Waals surface area contributed by atoms with E-state index in [1.807, 2.05) is 6.92 Å². The number of hydrogen-bond donors (Lipinski definition) is 2. The van der Waals surface area contributed by atoms with Crippen LogP contribution in [0.4, 0.5) is 11.4 Å². The zero-order valence-electron chi connectivity index (χ0n) is 11.2. The largest absolute Gasteiger partial charge is 0.326 e.